The lowest BCUT2D eigenvalue weighted by molar-refractivity contribution is 0.241. The first-order chi connectivity index (χ1) is 8.06. The third-order valence-electron chi connectivity index (χ3n) is 1.87. The highest BCUT2D eigenvalue weighted by Crippen LogP contribution is 2.27. The quantitative estimate of drug-likeness (QED) is 0.798. The van der Waals surface area contributed by atoms with E-state index in [1.54, 1.807) is 6.07 Å². The predicted molar refractivity (Wildman–Crippen MR) is 69.1 cm³/mol. The topological polar surface area (TPSA) is 56.8 Å². The normalized spacial score (nSPS) is 9.29. The molecule has 0 spiro atoms. The molecule has 0 amide bonds. The monoisotopic (exact) mass is 290 g/mol. The molecule has 0 saturated carbocycles. The van der Waals surface area contributed by atoms with Crippen molar-refractivity contribution < 1.29 is 4.74 Å². The van der Waals surface area contributed by atoms with Gasteiger partial charge in [-0.25, -0.2) is 0 Å². The van der Waals surface area contributed by atoms with Gasteiger partial charge in [-0.05, 0) is 53.5 Å². The van der Waals surface area contributed by atoms with Crippen molar-refractivity contribution in [1.82, 2.24) is 0 Å². The zero-order valence-electron chi connectivity index (χ0n) is 9.57. The highest BCUT2D eigenvalue weighted by atomic mass is 79.9. The van der Waals surface area contributed by atoms with E-state index in [0.29, 0.717) is 5.75 Å². The van der Waals surface area contributed by atoms with Crippen molar-refractivity contribution in [3.05, 3.63) is 33.8 Å². The lowest BCUT2D eigenvalue weighted by Gasteiger charge is -2.11. The molecule has 3 nitrogen and oxygen atoms in total. The molecule has 0 atom stereocenters. The van der Waals surface area contributed by atoms with Crippen LogP contribution < -0.4 is 4.74 Å². The second kappa shape index (κ2) is 6.08. The van der Waals surface area contributed by atoms with Crippen LogP contribution in [-0.4, -0.2) is 6.10 Å². The molecule has 0 fully saturated rings. The molecule has 0 aliphatic carbocycles. The van der Waals surface area contributed by atoms with E-state index >= 15 is 0 Å². The van der Waals surface area contributed by atoms with E-state index in [9.17, 15) is 0 Å². The molecular formula is C13H11BrN2O. The Labute approximate surface area is 109 Å². The van der Waals surface area contributed by atoms with Crippen molar-refractivity contribution in [2.45, 2.75) is 20.0 Å². The van der Waals surface area contributed by atoms with Gasteiger partial charge in [0, 0.05) is 0 Å². The number of allylic oxidation sites excluding steroid dienone is 1. The van der Waals surface area contributed by atoms with Gasteiger partial charge in [-0.1, -0.05) is 6.07 Å². The molecule has 0 unspecified atom stereocenters. The Morgan fingerprint density at radius 3 is 2.53 bits per heavy atom. The zero-order valence-corrected chi connectivity index (χ0v) is 11.2. The van der Waals surface area contributed by atoms with Crippen LogP contribution >= 0.6 is 15.9 Å². The summed E-state index contributed by atoms with van der Waals surface area (Å²) in [5.74, 6) is 0.698. The molecule has 0 N–H and O–H groups in total. The lowest BCUT2D eigenvalue weighted by Crippen LogP contribution is -2.06. The first kappa shape index (κ1) is 13.3. The van der Waals surface area contributed by atoms with Crippen LogP contribution in [0.2, 0.25) is 0 Å². The van der Waals surface area contributed by atoms with Crippen LogP contribution in [-0.2, 0) is 0 Å². The number of rotatable bonds is 3. The van der Waals surface area contributed by atoms with Crippen molar-refractivity contribution in [3.63, 3.8) is 0 Å². The van der Waals surface area contributed by atoms with Crippen molar-refractivity contribution in [2.24, 2.45) is 0 Å². The summed E-state index contributed by atoms with van der Waals surface area (Å²) in [5.41, 5.74) is 0.838. The number of ether oxygens (including phenoxy) is 1. The van der Waals surface area contributed by atoms with Gasteiger partial charge in [0.15, 0.2) is 0 Å². The van der Waals surface area contributed by atoms with Crippen LogP contribution in [0.1, 0.15) is 19.4 Å². The molecule has 4 heteroatoms. The summed E-state index contributed by atoms with van der Waals surface area (Å²) < 4.78 is 6.44. The summed E-state index contributed by atoms with van der Waals surface area (Å²) in [6.07, 6.45) is 1.59. The van der Waals surface area contributed by atoms with Gasteiger partial charge in [-0.3, -0.25) is 0 Å². The summed E-state index contributed by atoms with van der Waals surface area (Å²) in [5, 5.41) is 17.4. The molecular weight excluding hydrogens is 280 g/mol. The van der Waals surface area contributed by atoms with Crippen LogP contribution in [0.25, 0.3) is 6.08 Å². The second-order valence-corrected chi connectivity index (χ2v) is 4.49. The third-order valence-corrected chi connectivity index (χ3v) is 2.52. The smallest absolute Gasteiger partial charge is 0.134 e. The van der Waals surface area contributed by atoms with E-state index < -0.39 is 0 Å². The summed E-state index contributed by atoms with van der Waals surface area (Å²) in [6.45, 7) is 3.87. The molecule has 0 heterocycles. The maximum atomic E-state index is 8.68. The van der Waals surface area contributed by atoms with Gasteiger partial charge in [0.05, 0.1) is 10.6 Å². The number of nitriles is 2. The average molecular weight is 291 g/mol. The van der Waals surface area contributed by atoms with E-state index in [2.05, 4.69) is 15.9 Å². The molecule has 1 aromatic carbocycles. The first-order valence-electron chi connectivity index (χ1n) is 5.05. The molecule has 1 rings (SSSR count). The standard InChI is InChI=1S/C13H11BrN2O/c1-9(2)17-13-6-10(3-4-12(13)14)5-11(7-15)8-16/h3-6,9H,1-2H3. The van der Waals surface area contributed by atoms with E-state index in [-0.39, 0.29) is 11.7 Å². The molecule has 0 aliphatic heterocycles. The Bertz CT molecular complexity index is 505. The number of halogens is 1. The van der Waals surface area contributed by atoms with Gasteiger partial charge < -0.3 is 4.74 Å². The second-order valence-electron chi connectivity index (χ2n) is 3.64. The lowest BCUT2D eigenvalue weighted by atomic mass is 10.1. The van der Waals surface area contributed by atoms with E-state index in [1.807, 2.05) is 38.1 Å². The van der Waals surface area contributed by atoms with Crippen molar-refractivity contribution in [2.75, 3.05) is 0 Å². The zero-order chi connectivity index (χ0) is 12.8. The van der Waals surface area contributed by atoms with Crippen LogP contribution in [0.5, 0.6) is 5.75 Å². The van der Waals surface area contributed by atoms with Crippen LogP contribution in [0.3, 0.4) is 0 Å². The highest BCUT2D eigenvalue weighted by molar-refractivity contribution is 9.10. The van der Waals surface area contributed by atoms with Gasteiger partial charge in [-0.15, -0.1) is 0 Å². The Kier molecular flexibility index (Phi) is 4.75. The fourth-order valence-corrected chi connectivity index (χ4v) is 1.55. The number of hydrogen-bond acceptors (Lipinski definition) is 3. The molecule has 0 aliphatic rings. The number of hydrogen-bond donors (Lipinski definition) is 0. The van der Waals surface area contributed by atoms with Gasteiger partial charge in [0.25, 0.3) is 0 Å². The SMILES string of the molecule is CC(C)Oc1cc(C=C(C#N)C#N)ccc1Br. The number of benzene rings is 1. The summed E-state index contributed by atoms with van der Waals surface area (Å²) in [7, 11) is 0. The average Bonchev–Trinajstić information content (AvgIpc) is 2.29. The summed E-state index contributed by atoms with van der Waals surface area (Å²) >= 11 is 3.38. The summed E-state index contributed by atoms with van der Waals surface area (Å²) in [6, 6.07) is 9.08. The van der Waals surface area contributed by atoms with Crippen LogP contribution in [0.15, 0.2) is 28.2 Å². The van der Waals surface area contributed by atoms with Crippen LogP contribution in [0, 0.1) is 22.7 Å². The Hall–Kier alpha value is -1.78. The minimum Gasteiger partial charge on any atom is -0.490 e. The van der Waals surface area contributed by atoms with Crippen LogP contribution in [0.4, 0.5) is 0 Å². The Balaban J connectivity index is 3.10. The molecule has 0 radical (unpaired) electrons. The fourth-order valence-electron chi connectivity index (χ4n) is 1.21. The van der Waals surface area contributed by atoms with Gasteiger partial charge in [-0.2, -0.15) is 10.5 Å². The molecule has 0 aromatic heterocycles. The van der Waals surface area contributed by atoms with E-state index in [0.717, 1.165) is 10.0 Å². The van der Waals surface area contributed by atoms with Crippen molar-refractivity contribution in [3.8, 4) is 17.9 Å². The molecule has 1 aromatic rings. The first-order valence-corrected chi connectivity index (χ1v) is 5.84. The Morgan fingerprint density at radius 2 is 2.00 bits per heavy atom. The molecule has 17 heavy (non-hydrogen) atoms. The van der Waals surface area contributed by atoms with Crippen molar-refractivity contribution >= 4 is 22.0 Å². The van der Waals surface area contributed by atoms with Gasteiger partial charge in [0.2, 0.25) is 0 Å². The maximum absolute atomic E-state index is 8.68. The third kappa shape index (κ3) is 3.94. The Morgan fingerprint density at radius 1 is 1.35 bits per heavy atom. The van der Waals surface area contributed by atoms with E-state index in [4.69, 9.17) is 15.3 Å². The van der Waals surface area contributed by atoms with E-state index in [1.165, 1.54) is 6.08 Å². The molecule has 0 bridgehead atoms. The minimum absolute atomic E-state index is 0.0666. The fraction of sp³-hybridized carbons (Fsp3) is 0.231. The minimum atomic E-state index is 0.0666. The van der Waals surface area contributed by atoms with Gasteiger partial charge >= 0.3 is 0 Å². The summed E-state index contributed by atoms with van der Waals surface area (Å²) in [4.78, 5) is 0. The molecule has 86 valence electrons. The highest BCUT2D eigenvalue weighted by Gasteiger charge is 2.04. The maximum Gasteiger partial charge on any atom is 0.134 e. The molecule has 0 saturated heterocycles. The van der Waals surface area contributed by atoms with Gasteiger partial charge in [0.1, 0.15) is 23.5 Å². The number of nitrogens with zero attached hydrogens (tertiary/aromatic N) is 2. The predicted octanol–water partition coefficient (Wildman–Crippen LogP) is 3.67. The van der Waals surface area contributed by atoms with Crippen molar-refractivity contribution in [1.29, 1.82) is 10.5 Å². The largest absolute Gasteiger partial charge is 0.490 e.